The molecule has 1 aromatic rings. The van der Waals surface area contributed by atoms with Crippen LogP contribution in [0.25, 0.3) is 0 Å². The smallest absolute Gasteiger partial charge is 0.302 e. The minimum absolute atomic E-state index is 0.261. The van der Waals surface area contributed by atoms with Gasteiger partial charge in [-0.1, -0.05) is 12.2 Å². The maximum Gasteiger partial charge on any atom is 0.302 e. The zero-order valence-electron chi connectivity index (χ0n) is 7.53. The molecule has 0 saturated heterocycles. The number of hydrogen-bond acceptors (Lipinski definition) is 3. The number of ether oxygens (including phenoxy) is 1. The van der Waals surface area contributed by atoms with Crippen molar-refractivity contribution in [3.05, 3.63) is 36.3 Å². The number of carbonyl (C=O) groups is 1. The first-order valence-electron chi connectivity index (χ1n) is 4.10. The number of hydrogen-bond donors (Lipinski definition) is 0. The summed E-state index contributed by atoms with van der Waals surface area (Å²) in [5.74, 6) is 0.640. The van der Waals surface area contributed by atoms with Gasteiger partial charge in [-0.05, 0) is 12.1 Å². The SMILES string of the molecule is CC(=O)OCC=CCc1ccco1. The number of carbonyl (C=O) groups excluding carboxylic acids is 1. The van der Waals surface area contributed by atoms with Crippen LogP contribution >= 0.6 is 0 Å². The van der Waals surface area contributed by atoms with Crippen LogP contribution in [0.3, 0.4) is 0 Å². The van der Waals surface area contributed by atoms with Crippen LogP contribution in [-0.4, -0.2) is 12.6 Å². The topological polar surface area (TPSA) is 39.4 Å². The van der Waals surface area contributed by atoms with E-state index in [1.807, 2.05) is 18.2 Å². The average Bonchev–Trinajstić information content (AvgIpc) is 2.55. The molecule has 70 valence electrons. The summed E-state index contributed by atoms with van der Waals surface area (Å²) in [5, 5.41) is 0. The lowest BCUT2D eigenvalue weighted by molar-refractivity contribution is -0.139. The Labute approximate surface area is 77.0 Å². The number of esters is 1. The van der Waals surface area contributed by atoms with Crippen molar-refractivity contribution in [1.29, 1.82) is 0 Å². The van der Waals surface area contributed by atoms with Crippen LogP contribution in [0.2, 0.25) is 0 Å². The molecule has 0 unspecified atom stereocenters. The van der Waals surface area contributed by atoms with Crippen LogP contribution in [0.1, 0.15) is 12.7 Å². The Morgan fingerprint density at radius 3 is 3.08 bits per heavy atom. The lowest BCUT2D eigenvalue weighted by Crippen LogP contribution is -1.97. The van der Waals surface area contributed by atoms with E-state index >= 15 is 0 Å². The molecule has 0 N–H and O–H groups in total. The Hall–Kier alpha value is -1.51. The summed E-state index contributed by atoms with van der Waals surface area (Å²) in [6.45, 7) is 1.72. The van der Waals surface area contributed by atoms with Crippen molar-refractivity contribution in [2.75, 3.05) is 6.61 Å². The van der Waals surface area contributed by atoms with Gasteiger partial charge in [0.2, 0.25) is 0 Å². The van der Waals surface area contributed by atoms with Crippen molar-refractivity contribution in [2.24, 2.45) is 0 Å². The fourth-order valence-electron chi connectivity index (χ4n) is 0.862. The minimum atomic E-state index is -0.261. The maximum absolute atomic E-state index is 10.4. The molecule has 0 aliphatic carbocycles. The third-order valence-electron chi connectivity index (χ3n) is 1.45. The van der Waals surface area contributed by atoms with Gasteiger partial charge in [0.15, 0.2) is 0 Å². The Balaban J connectivity index is 2.15. The highest BCUT2D eigenvalue weighted by atomic mass is 16.5. The predicted octanol–water partition coefficient (Wildman–Crippen LogP) is 1.94. The summed E-state index contributed by atoms with van der Waals surface area (Å²) in [7, 11) is 0. The van der Waals surface area contributed by atoms with Gasteiger partial charge in [0.1, 0.15) is 12.4 Å². The summed E-state index contributed by atoms with van der Waals surface area (Å²) in [5.41, 5.74) is 0. The molecule has 1 aromatic heterocycles. The van der Waals surface area contributed by atoms with E-state index in [9.17, 15) is 4.79 Å². The van der Waals surface area contributed by atoms with E-state index in [-0.39, 0.29) is 5.97 Å². The summed E-state index contributed by atoms with van der Waals surface area (Å²) in [6.07, 6.45) is 6.06. The summed E-state index contributed by atoms with van der Waals surface area (Å²) in [6, 6.07) is 3.74. The molecule has 0 saturated carbocycles. The van der Waals surface area contributed by atoms with E-state index in [2.05, 4.69) is 0 Å². The van der Waals surface area contributed by atoms with Crippen LogP contribution < -0.4 is 0 Å². The molecule has 1 rings (SSSR count). The average molecular weight is 180 g/mol. The molecule has 0 bridgehead atoms. The molecule has 0 atom stereocenters. The molecule has 0 amide bonds. The molecule has 0 aromatic carbocycles. The van der Waals surface area contributed by atoms with Crippen LogP contribution in [-0.2, 0) is 16.0 Å². The molecule has 0 aliphatic heterocycles. The molecule has 0 radical (unpaired) electrons. The quantitative estimate of drug-likeness (QED) is 0.525. The van der Waals surface area contributed by atoms with Crippen LogP contribution in [0.5, 0.6) is 0 Å². The van der Waals surface area contributed by atoms with Crippen LogP contribution in [0.15, 0.2) is 35.0 Å². The van der Waals surface area contributed by atoms with Gasteiger partial charge in [-0.3, -0.25) is 4.79 Å². The Kier molecular flexibility index (Phi) is 3.82. The summed E-state index contributed by atoms with van der Waals surface area (Å²) in [4.78, 5) is 10.4. The Morgan fingerprint density at radius 1 is 1.62 bits per heavy atom. The molecule has 3 nitrogen and oxygen atoms in total. The van der Waals surface area contributed by atoms with Crippen molar-refractivity contribution in [3.63, 3.8) is 0 Å². The maximum atomic E-state index is 10.4. The number of rotatable bonds is 4. The van der Waals surface area contributed by atoms with Gasteiger partial charge in [0, 0.05) is 13.3 Å². The van der Waals surface area contributed by atoms with Crippen LogP contribution in [0, 0.1) is 0 Å². The molecule has 0 spiro atoms. The fraction of sp³-hybridized carbons (Fsp3) is 0.300. The second-order valence-electron chi connectivity index (χ2n) is 2.56. The second kappa shape index (κ2) is 5.19. The van der Waals surface area contributed by atoms with E-state index < -0.39 is 0 Å². The minimum Gasteiger partial charge on any atom is -0.469 e. The van der Waals surface area contributed by atoms with Gasteiger partial charge < -0.3 is 9.15 Å². The molecular weight excluding hydrogens is 168 g/mol. The van der Waals surface area contributed by atoms with Crippen molar-refractivity contribution < 1.29 is 13.9 Å². The van der Waals surface area contributed by atoms with Gasteiger partial charge in [-0.25, -0.2) is 0 Å². The first kappa shape index (κ1) is 9.58. The van der Waals surface area contributed by atoms with Crippen molar-refractivity contribution in [1.82, 2.24) is 0 Å². The lowest BCUT2D eigenvalue weighted by Gasteiger charge is -1.93. The second-order valence-corrected chi connectivity index (χ2v) is 2.56. The molecule has 1 heterocycles. The predicted molar refractivity (Wildman–Crippen MR) is 48.2 cm³/mol. The lowest BCUT2D eigenvalue weighted by atomic mass is 10.3. The fourth-order valence-corrected chi connectivity index (χ4v) is 0.862. The third kappa shape index (κ3) is 4.15. The van der Waals surface area contributed by atoms with E-state index in [4.69, 9.17) is 9.15 Å². The van der Waals surface area contributed by atoms with Gasteiger partial charge in [-0.15, -0.1) is 0 Å². The molecule has 13 heavy (non-hydrogen) atoms. The third-order valence-corrected chi connectivity index (χ3v) is 1.45. The molecule has 0 aliphatic rings. The van der Waals surface area contributed by atoms with E-state index in [1.165, 1.54) is 6.92 Å². The summed E-state index contributed by atoms with van der Waals surface area (Å²) >= 11 is 0. The van der Waals surface area contributed by atoms with Gasteiger partial charge >= 0.3 is 5.97 Å². The van der Waals surface area contributed by atoms with Gasteiger partial charge in [0.05, 0.1) is 6.26 Å². The largest absolute Gasteiger partial charge is 0.469 e. The molecule has 0 fully saturated rings. The van der Waals surface area contributed by atoms with Crippen molar-refractivity contribution >= 4 is 5.97 Å². The Morgan fingerprint density at radius 2 is 2.46 bits per heavy atom. The van der Waals surface area contributed by atoms with E-state index in [0.29, 0.717) is 6.61 Å². The highest BCUT2D eigenvalue weighted by Gasteiger charge is 1.90. The standard InChI is InChI=1S/C10H12O3/c1-9(11)12-7-3-2-5-10-6-4-8-13-10/h2-4,6,8H,5,7H2,1H3. The zero-order valence-corrected chi connectivity index (χ0v) is 7.53. The summed E-state index contributed by atoms with van der Waals surface area (Å²) < 4.78 is 9.81. The van der Waals surface area contributed by atoms with E-state index in [1.54, 1.807) is 12.3 Å². The highest BCUT2D eigenvalue weighted by molar-refractivity contribution is 5.65. The normalized spacial score (nSPS) is 10.5. The molecule has 3 heteroatoms. The Bertz CT molecular complexity index is 272. The van der Waals surface area contributed by atoms with Gasteiger partial charge in [0.25, 0.3) is 0 Å². The van der Waals surface area contributed by atoms with Crippen molar-refractivity contribution in [2.45, 2.75) is 13.3 Å². The number of allylic oxidation sites excluding steroid dienone is 1. The first-order chi connectivity index (χ1) is 6.29. The first-order valence-corrected chi connectivity index (χ1v) is 4.10. The van der Waals surface area contributed by atoms with Gasteiger partial charge in [-0.2, -0.15) is 0 Å². The van der Waals surface area contributed by atoms with E-state index in [0.717, 1.165) is 12.2 Å². The van der Waals surface area contributed by atoms with Crippen LogP contribution in [0.4, 0.5) is 0 Å². The highest BCUT2D eigenvalue weighted by Crippen LogP contribution is 2.00. The molecular formula is C10H12O3. The zero-order chi connectivity index (χ0) is 9.52. The number of furan rings is 1. The van der Waals surface area contributed by atoms with Crippen molar-refractivity contribution in [3.8, 4) is 0 Å². The monoisotopic (exact) mass is 180 g/mol.